The fraction of sp³-hybridized carbons (Fsp3) is 0.714. The first-order valence-electron chi connectivity index (χ1n) is 6.84. The van der Waals surface area contributed by atoms with Crippen molar-refractivity contribution in [3.63, 3.8) is 0 Å². The summed E-state index contributed by atoms with van der Waals surface area (Å²) in [7, 11) is 0. The molecule has 96 valence electrons. The highest BCUT2D eigenvalue weighted by atomic mass is 16.5. The van der Waals surface area contributed by atoms with E-state index in [0.717, 1.165) is 13.2 Å². The van der Waals surface area contributed by atoms with Crippen molar-refractivity contribution in [2.75, 3.05) is 13.2 Å². The summed E-state index contributed by atoms with van der Waals surface area (Å²) < 4.78 is 7.64. The number of fused-ring (bicyclic) bond motifs is 1. The molecule has 1 aliphatic rings. The maximum absolute atomic E-state index is 5.46. The van der Waals surface area contributed by atoms with E-state index in [1.54, 1.807) is 0 Å². The maximum Gasteiger partial charge on any atom is 0.122 e. The molecular weight excluding hydrogens is 212 g/mol. The molecule has 0 spiro atoms. The highest BCUT2D eigenvalue weighted by Gasteiger charge is 2.21. The van der Waals surface area contributed by atoms with Gasteiger partial charge < -0.3 is 14.6 Å². The summed E-state index contributed by atoms with van der Waals surface area (Å²) in [6, 6.07) is 0.557. The number of rotatable bonds is 6. The van der Waals surface area contributed by atoms with Crippen molar-refractivity contribution in [3.05, 3.63) is 23.5 Å². The van der Waals surface area contributed by atoms with Crippen LogP contribution in [-0.4, -0.2) is 17.7 Å². The fourth-order valence-corrected chi connectivity index (χ4v) is 2.55. The van der Waals surface area contributed by atoms with E-state index in [9.17, 15) is 0 Å². The van der Waals surface area contributed by atoms with Gasteiger partial charge >= 0.3 is 0 Å². The second-order valence-corrected chi connectivity index (χ2v) is 4.77. The predicted octanol–water partition coefficient (Wildman–Crippen LogP) is 2.86. The molecule has 0 aromatic carbocycles. The van der Waals surface area contributed by atoms with Gasteiger partial charge in [-0.3, -0.25) is 0 Å². The van der Waals surface area contributed by atoms with E-state index < -0.39 is 0 Å². The minimum absolute atomic E-state index is 0.557. The molecule has 1 atom stereocenters. The minimum atomic E-state index is 0.557. The number of nitrogens with zero attached hydrogens (tertiary/aromatic N) is 1. The highest BCUT2D eigenvalue weighted by molar-refractivity contribution is 5.30. The van der Waals surface area contributed by atoms with Gasteiger partial charge in [-0.2, -0.15) is 0 Å². The quantitative estimate of drug-likeness (QED) is 0.822. The molecule has 2 rings (SSSR count). The number of hydrogen-bond acceptors (Lipinski definition) is 2. The third-order valence-corrected chi connectivity index (χ3v) is 3.40. The molecule has 1 N–H and O–H groups in total. The number of aryl methyl sites for hydroxylation is 1. The molecule has 1 unspecified atom stereocenters. The third kappa shape index (κ3) is 3.11. The van der Waals surface area contributed by atoms with E-state index in [4.69, 9.17) is 4.74 Å². The second kappa shape index (κ2) is 6.22. The van der Waals surface area contributed by atoms with Gasteiger partial charge in [0.05, 0.1) is 0 Å². The Labute approximate surface area is 104 Å². The predicted molar refractivity (Wildman–Crippen MR) is 70.0 cm³/mol. The molecular formula is C14H24N2O. The van der Waals surface area contributed by atoms with Crippen molar-refractivity contribution in [2.24, 2.45) is 0 Å². The van der Waals surface area contributed by atoms with Crippen LogP contribution in [0.1, 0.15) is 50.3 Å². The van der Waals surface area contributed by atoms with Crippen LogP contribution in [0.2, 0.25) is 0 Å². The van der Waals surface area contributed by atoms with Crippen molar-refractivity contribution in [3.8, 4) is 0 Å². The Morgan fingerprint density at radius 1 is 1.41 bits per heavy atom. The fourth-order valence-electron chi connectivity index (χ4n) is 2.55. The SMILES string of the molecule is CCCNC1CCCc2cn(COCC)cc21. The zero-order valence-corrected chi connectivity index (χ0v) is 11.0. The van der Waals surface area contributed by atoms with Gasteiger partial charge in [0.15, 0.2) is 0 Å². The molecule has 0 radical (unpaired) electrons. The van der Waals surface area contributed by atoms with Crippen LogP contribution in [-0.2, 0) is 17.9 Å². The van der Waals surface area contributed by atoms with Gasteiger partial charge in [-0.05, 0) is 50.3 Å². The molecule has 3 heteroatoms. The molecule has 0 bridgehead atoms. The summed E-state index contributed by atoms with van der Waals surface area (Å²) in [5, 5.41) is 3.64. The monoisotopic (exact) mass is 236 g/mol. The van der Waals surface area contributed by atoms with Crippen molar-refractivity contribution in [1.82, 2.24) is 9.88 Å². The molecule has 0 fully saturated rings. The Bertz CT molecular complexity index is 346. The lowest BCUT2D eigenvalue weighted by Gasteiger charge is -2.23. The van der Waals surface area contributed by atoms with Crippen molar-refractivity contribution in [1.29, 1.82) is 0 Å². The lowest BCUT2D eigenvalue weighted by Crippen LogP contribution is -2.24. The van der Waals surface area contributed by atoms with Gasteiger partial charge in [0.2, 0.25) is 0 Å². The molecule has 1 aliphatic carbocycles. The van der Waals surface area contributed by atoms with Crippen LogP contribution >= 0.6 is 0 Å². The van der Waals surface area contributed by atoms with Crippen molar-refractivity contribution in [2.45, 2.75) is 52.3 Å². The molecule has 0 saturated carbocycles. The van der Waals surface area contributed by atoms with E-state index in [-0.39, 0.29) is 0 Å². The van der Waals surface area contributed by atoms with Crippen LogP contribution in [0.4, 0.5) is 0 Å². The Balaban J connectivity index is 2.05. The first-order chi connectivity index (χ1) is 8.35. The zero-order valence-electron chi connectivity index (χ0n) is 11.0. The molecule has 17 heavy (non-hydrogen) atoms. The Hall–Kier alpha value is -0.800. The lowest BCUT2D eigenvalue weighted by molar-refractivity contribution is 0.0879. The van der Waals surface area contributed by atoms with E-state index >= 15 is 0 Å². The van der Waals surface area contributed by atoms with Crippen LogP contribution in [0.3, 0.4) is 0 Å². The van der Waals surface area contributed by atoms with Crippen LogP contribution < -0.4 is 5.32 Å². The summed E-state index contributed by atoms with van der Waals surface area (Å²) in [5.41, 5.74) is 2.99. The molecule has 3 nitrogen and oxygen atoms in total. The average molecular weight is 236 g/mol. The van der Waals surface area contributed by atoms with Crippen LogP contribution in [0.5, 0.6) is 0 Å². The van der Waals surface area contributed by atoms with Crippen LogP contribution in [0.15, 0.2) is 12.4 Å². The number of hydrogen-bond donors (Lipinski definition) is 1. The Morgan fingerprint density at radius 2 is 2.29 bits per heavy atom. The standard InChI is InChI=1S/C14H24N2O/c1-3-8-15-14-7-5-6-12-9-16(10-13(12)14)11-17-4-2/h9-10,14-15H,3-8,11H2,1-2H3. The smallest absolute Gasteiger partial charge is 0.122 e. The molecule has 1 heterocycles. The zero-order chi connectivity index (χ0) is 12.1. The molecule has 1 aromatic rings. The Kier molecular flexibility index (Phi) is 4.63. The van der Waals surface area contributed by atoms with E-state index in [2.05, 4.69) is 29.2 Å². The van der Waals surface area contributed by atoms with Gasteiger partial charge in [-0.25, -0.2) is 0 Å². The van der Waals surface area contributed by atoms with E-state index in [1.165, 1.54) is 36.8 Å². The van der Waals surface area contributed by atoms with Gasteiger partial charge in [-0.1, -0.05) is 6.92 Å². The Morgan fingerprint density at radius 3 is 3.06 bits per heavy atom. The molecule has 1 aromatic heterocycles. The summed E-state index contributed by atoms with van der Waals surface area (Å²) in [6.07, 6.45) is 9.51. The summed E-state index contributed by atoms with van der Waals surface area (Å²) in [4.78, 5) is 0. The van der Waals surface area contributed by atoms with Crippen LogP contribution in [0, 0.1) is 0 Å². The summed E-state index contributed by atoms with van der Waals surface area (Å²) >= 11 is 0. The molecule has 0 amide bonds. The van der Waals surface area contributed by atoms with E-state index in [0.29, 0.717) is 12.8 Å². The summed E-state index contributed by atoms with van der Waals surface area (Å²) in [5.74, 6) is 0. The largest absolute Gasteiger partial charge is 0.361 e. The summed E-state index contributed by atoms with van der Waals surface area (Å²) in [6.45, 7) is 6.83. The van der Waals surface area contributed by atoms with Gasteiger partial charge in [0.25, 0.3) is 0 Å². The molecule has 0 aliphatic heterocycles. The third-order valence-electron chi connectivity index (χ3n) is 3.40. The maximum atomic E-state index is 5.46. The van der Waals surface area contributed by atoms with Crippen LogP contribution in [0.25, 0.3) is 0 Å². The normalized spacial score (nSPS) is 19.3. The number of aromatic nitrogens is 1. The number of ether oxygens (including phenoxy) is 1. The first kappa shape index (κ1) is 12.7. The molecule has 0 saturated heterocycles. The average Bonchev–Trinajstić information content (AvgIpc) is 2.77. The van der Waals surface area contributed by atoms with E-state index in [1.807, 2.05) is 6.92 Å². The topological polar surface area (TPSA) is 26.2 Å². The van der Waals surface area contributed by atoms with Gasteiger partial charge in [0.1, 0.15) is 6.73 Å². The second-order valence-electron chi connectivity index (χ2n) is 4.77. The van der Waals surface area contributed by atoms with Gasteiger partial charge in [-0.15, -0.1) is 0 Å². The van der Waals surface area contributed by atoms with Gasteiger partial charge in [0, 0.05) is 25.0 Å². The minimum Gasteiger partial charge on any atom is -0.361 e. The lowest BCUT2D eigenvalue weighted by atomic mass is 9.91. The van der Waals surface area contributed by atoms with Crippen molar-refractivity contribution >= 4 is 0 Å². The highest BCUT2D eigenvalue weighted by Crippen LogP contribution is 2.30. The first-order valence-corrected chi connectivity index (χ1v) is 6.84. The van der Waals surface area contributed by atoms with Crippen molar-refractivity contribution < 1.29 is 4.74 Å². The number of nitrogens with one attached hydrogen (secondary N) is 1.